The number of likely N-dealkylation sites (tertiary alicyclic amines) is 2. The molecule has 2 aliphatic carbocycles. The van der Waals surface area contributed by atoms with E-state index in [1.165, 1.54) is 12.8 Å². The van der Waals surface area contributed by atoms with Gasteiger partial charge in [0.25, 0.3) is 5.91 Å². The fourth-order valence-corrected chi connectivity index (χ4v) is 7.03. The van der Waals surface area contributed by atoms with E-state index < -0.39 is 0 Å². The highest BCUT2D eigenvalue weighted by atomic mass is 16.5. The lowest BCUT2D eigenvalue weighted by molar-refractivity contribution is 0.0802. The Morgan fingerprint density at radius 3 is 2.78 bits per heavy atom. The van der Waals surface area contributed by atoms with Gasteiger partial charge in [0.05, 0.1) is 6.61 Å². The molecule has 3 fully saturated rings. The molecule has 2 saturated heterocycles. The predicted octanol–water partition coefficient (Wildman–Crippen LogP) is 4.63. The van der Waals surface area contributed by atoms with Crippen LogP contribution < -0.4 is 4.74 Å². The minimum absolute atomic E-state index is 0.00757. The predicted molar refractivity (Wildman–Crippen MR) is 138 cm³/mol. The number of nitrogens with zero attached hydrogens (tertiary/aromatic N) is 2. The van der Waals surface area contributed by atoms with Gasteiger partial charge in [-0.3, -0.25) is 9.59 Å². The molecular formula is C30H31N3O3. The number of nitrogens with one attached hydrogen (secondary N) is 1. The van der Waals surface area contributed by atoms with Crippen molar-refractivity contribution in [2.45, 2.75) is 25.2 Å². The Morgan fingerprint density at radius 2 is 1.94 bits per heavy atom. The molecule has 2 aromatic carbocycles. The van der Waals surface area contributed by atoms with Gasteiger partial charge in [0, 0.05) is 40.2 Å². The zero-order chi connectivity index (χ0) is 24.6. The van der Waals surface area contributed by atoms with E-state index in [1.54, 1.807) is 6.08 Å². The number of aromatic nitrogens is 1. The molecule has 1 spiro atoms. The van der Waals surface area contributed by atoms with E-state index in [9.17, 15) is 9.59 Å². The lowest BCUT2D eigenvalue weighted by atomic mass is 9.80. The number of fused-ring (bicyclic) bond motifs is 2. The van der Waals surface area contributed by atoms with Crippen LogP contribution in [0.25, 0.3) is 10.9 Å². The summed E-state index contributed by atoms with van der Waals surface area (Å²) in [6.07, 6.45) is 4.05. The smallest absolute Gasteiger partial charge is 0.274 e. The molecule has 3 atom stereocenters. The Hall–Kier alpha value is -3.38. The highest BCUT2D eigenvalue weighted by Gasteiger charge is 2.72. The van der Waals surface area contributed by atoms with Crippen molar-refractivity contribution in [2.75, 3.05) is 33.3 Å². The number of carbonyl (C=O) groups is 2. The van der Waals surface area contributed by atoms with Crippen molar-refractivity contribution in [3.63, 3.8) is 0 Å². The maximum Gasteiger partial charge on any atom is 0.274 e. The molecule has 184 valence electrons. The number of rotatable bonds is 4. The molecule has 2 aliphatic heterocycles. The Kier molecular flexibility index (Phi) is 4.74. The van der Waals surface area contributed by atoms with Crippen LogP contribution in [0.1, 0.15) is 46.2 Å². The highest BCUT2D eigenvalue weighted by molar-refractivity contribution is 6.10. The summed E-state index contributed by atoms with van der Waals surface area (Å²) in [6.45, 7) is 5.87. The standard InChI is InChI=1S/C30H31N3O3/c1-18-24-16-33(28-15-27(34)22-5-3-4-6-23(22)30(18,24)28)29(35)26-14-20-13-21(7-8-25(20)31-26)36-17-19-9-11-32(2)12-10-19/h3-8,13-15,18-19,24,31H,9-12,16-17H2,1-2H3/t18-,24-,30-/m0/s1. The molecule has 7 rings (SSSR count). The Balaban J connectivity index is 1.13. The van der Waals surface area contributed by atoms with Crippen molar-refractivity contribution in [1.82, 2.24) is 14.8 Å². The van der Waals surface area contributed by atoms with Gasteiger partial charge in [-0.25, -0.2) is 0 Å². The number of aromatic amines is 1. The number of ether oxygens (including phenoxy) is 1. The van der Waals surface area contributed by atoms with Crippen LogP contribution in [0.5, 0.6) is 5.75 Å². The number of carbonyl (C=O) groups excluding carboxylic acids is 2. The molecule has 1 N–H and O–H groups in total. The third-order valence-electron chi connectivity index (χ3n) is 9.19. The van der Waals surface area contributed by atoms with E-state index in [2.05, 4.69) is 29.9 Å². The van der Waals surface area contributed by atoms with Crippen molar-refractivity contribution >= 4 is 22.6 Å². The van der Waals surface area contributed by atoms with Gasteiger partial charge in [-0.15, -0.1) is 0 Å². The molecule has 0 unspecified atom stereocenters. The summed E-state index contributed by atoms with van der Waals surface area (Å²) in [5.74, 6) is 2.13. The number of ketones is 1. The summed E-state index contributed by atoms with van der Waals surface area (Å²) >= 11 is 0. The topological polar surface area (TPSA) is 65.6 Å². The van der Waals surface area contributed by atoms with E-state index in [4.69, 9.17) is 4.74 Å². The maximum atomic E-state index is 13.7. The molecule has 1 aromatic heterocycles. The first-order valence-electron chi connectivity index (χ1n) is 13.1. The van der Waals surface area contributed by atoms with E-state index >= 15 is 0 Å². The van der Waals surface area contributed by atoms with E-state index in [-0.39, 0.29) is 17.1 Å². The summed E-state index contributed by atoms with van der Waals surface area (Å²) in [6, 6.07) is 15.8. The minimum atomic E-state index is -0.207. The molecule has 3 aromatic rings. The van der Waals surface area contributed by atoms with Crippen molar-refractivity contribution in [2.24, 2.45) is 17.8 Å². The van der Waals surface area contributed by atoms with E-state index in [1.807, 2.05) is 47.4 Å². The van der Waals surface area contributed by atoms with Gasteiger partial charge in [0.15, 0.2) is 5.78 Å². The van der Waals surface area contributed by atoms with E-state index in [0.717, 1.165) is 53.2 Å². The summed E-state index contributed by atoms with van der Waals surface area (Å²) in [5, 5.41) is 0.964. The third-order valence-corrected chi connectivity index (χ3v) is 9.19. The van der Waals surface area contributed by atoms with Crippen LogP contribution >= 0.6 is 0 Å². The third kappa shape index (κ3) is 3.07. The first kappa shape index (κ1) is 21.9. The van der Waals surface area contributed by atoms with Crippen LogP contribution in [0, 0.1) is 17.8 Å². The number of H-pyrrole nitrogens is 1. The summed E-state index contributed by atoms with van der Waals surface area (Å²) in [7, 11) is 2.17. The highest BCUT2D eigenvalue weighted by Crippen LogP contribution is 2.70. The van der Waals surface area contributed by atoms with Gasteiger partial charge in [0.2, 0.25) is 0 Å². The number of hydrogen-bond acceptors (Lipinski definition) is 4. The van der Waals surface area contributed by atoms with Gasteiger partial charge in [-0.05, 0) is 80.6 Å². The maximum absolute atomic E-state index is 13.7. The minimum Gasteiger partial charge on any atom is -0.493 e. The van der Waals surface area contributed by atoms with Crippen molar-refractivity contribution in [1.29, 1.82) is 0 Å². The van der Waals surface area contributed by atoms with Gasteiger partial charge < -0.3 is 19.5 Å². The van der Waals surface area contributed by atoms with Gasteiger partial charge in [0.1, 0.15) is 11.4 Å². The van der Waals surface area contributed by atoms with Crippen LogP contribution in [-0.4, -0.2) is 59.8 Å². The van der Waals surface area contributed by atoms with Crippen molar-refractivity contribution in [3.8, 4) is 5.75 Å². The fourth-order valence-electron chi connectivity index (χ4n) is 7.03. The Labute approximate surface area is 210 Å². The van der Waals surface area contributed by atoms with Gasteiger partial charge in [-0.2, -0.15) is 0 Å². The Bertz CT molecular complexity index is 1430. The molecule has 6 heteroatoms. The monoisotopic (exact) mass is 481 g/mol. The van der Waals surface area contributed by atoms with Crippen molar-refractivity contribution in [3.05, 3.63) is 77.1 Å². The summed E-state index contributed by atoms with van der Waals surface area (Å²) in [5.41, 5.74) is 3.99. The lowest BCUT2D eigenvalue weighted by Gasteiger charge is -2.30. The van der Waals surface area contributed by atoms with Crippen LogP contribution in [-0.2, 0) is 5.41 Å². The first-order chi connectivity index (χ1) is 17.5. The van der Waals surface area contributed by atoms with Crippen LogP contribution in [0.2, 0.25) is 0 Å². The molecule has 1 saturated carbocycles. The average molecular weight is 482 g/mol. The quantitative estimate of drug-likeness (QED) is 0.590. The lowest BCUT2D eigenvalue weighted by Crippen LogP contribution is -2.35. The van der Waals surface area contributed by atoms with Crippen LogP contribution in [0.15, 0.2) is 60.3 Å². The second-order valence-electron chi connectivity index (χ2n) is 11.1. The summed E-state index contributed by atoms with van der Waals surface area (Å²) in [4.78, 5) is 34.2. The number of benzene rings is 2. The van der Waals surface area contributed by atoms with E-state index in [0.29, 0.717) is 30.0 Å². The molecule has 3 heterocycles. The summed E-state index contributed by atoms with van der Waals surface area (Å²) < 4.78 is 6.13. The van der Waals surface area contributed by atoms with Crippen LogP contribution in [0.4, 0.5) is 0 Å². The second-order valence-corrected chi connectivity index (χ2v) is 11.1. The number of piperidine rings is 2. The zero-order valence-electron chi connectivity index (χ0n) is 20.8. The number of hydrogen-bond donors (Lipinski definition) is 1. The first-order valence-corrected chi connectivity index (χ1v) is 13.1. The van der Waals surface area contributed by atoms with Crippen LogP contribution in [0.3, 0.4) is 0 Å². The van der Waals surface area contributed by atoms with Gasteiger partial charge >= 0.3 is 0 Å². The molecular weight excluding hydrogens is 450 g/mol. The zero-order valence-corrected chi connectivity index (χ0v) is 20.8. The average Bonchev–Trinajstić information content (AvgIpc) is 3.19. The molecule has 1 amide bonds. The fraction of sp³-hybridized carbons (Fsp3) is 0.400. The van der Waals surface area contributed by atoms with Crippen molar-refractivity contribution < 1.29 is 14.3 Å². The molecule has 36 heavy (non-hydrogen) atoms. The SMILES string of the molecule is C[C@H]1[C@@H]2CN(C(=O)c3cc4cc(OCC5CCN(C)CC5)ccc4[nH]3)C3=CC(=O)c4ccccc4[C@@]312. The largest absolute Gasteiger partial charge is 0.493 e. The number of allylic oxidation sites excluding steroid dienone is 2. The Morgan fingerprint density at radius 1 is 1.14 bits per heavy atom. The van der Waals surface area contributed by atoms with Gasteiger partial charge in [-0.1, -0.05) is 31.2 Å². The molecule has 0 radical (unpaired) electrons. The molecule has 4 aliphatic rings. The molecule has 0 bridgehead atoms. The molecule has 6 nitrogen and oxygen atoms in total. The number of amides is 1. The normalized spacial score (nSPS) is 27.4. The second kappa shape index (κ2) is 7.81.